The first kappa shape index (κ1) is 10.9. The van der Waals surface area contributed by atoms with Crippen LogP contribution < -0.4 is 10.1 Å². The molecule has 0 aromatic heterocycles. The molecule has 5 heteroatoms. The SMILES string of the molecule is Cc1ccc(OC2CCNC2)c([N+](=O)[O-])c1. The minimum absolute atomic E-state index is 0.0430. The number of ether oxygens (including phenoxy) is 1. The van der Waals surface area contributed by atoms with Gasteiger partial charge in [-0.3, -0.25) is 10.1 Å². The molecule has 1 N–H and O–H groups in total. The summed E-state index contributed by atoms with van der Waals surface area (Å²) in [6, 6.07) is 5.04. The van der Waals surface area contributed by atoms with Gasteiger partial charge in [-0.2, -0.15) is 0 Å². The van der Waals surface area contributed by atoms with Crippen molar-refractivity contribution in [1.29, 1.82) is 0 Å². The van der Waals surface area contributed by atoms with Gasteiger partial charge in [0.15, 0.2) is 5.75 Å². The van der Waals surface area contributed by atoms with E-state index in [1.165, 1.54) is 6.07 Å². The van der Waals surface area contributed by atoms with E-state index in [0.29, 0.717) is 5.75 Å². The number of aryl methyl sites for hydroxylation is 1. The topological polar surface area (TPSA) is 64.4 Å². The molecule has 1 fully saturated rings. The third-order valence-corrected chi connectivity index (χ3v) is 2.62. The van der Waals surface area contributed by atoms with E-state index < -0.39 is 4.92 Å². The molecule has 5 nitrogen and oxygen atoms in total. The molecule has 1 aliphatic rings. The maximum Gasteiger partial charge on any atom is 0.311 e. The van der Waals surface area contributed by atoms with Crippen molar-refractivity contribution in [2.45, 2.75) is 19.4 Å². The summed E-state index contributed by atoms with van der Waals surface area (Å²) in [5.74, 6) is 0.365. The van der Waals surface area contributed by atoms with Crippen molar-refractivity contribution in [3.63, 3.8) is 0 Å². The van der Waals surface area contributed by atoms with Gasteiger partial charge in [0.1, 0.15) is 6.10 Å². The van der Waals surface area contributed by atoms with Gasteiger partial charge in [0, 0.05) is 12.6 Å². The van der Waals surface area contributed by atoms with Gasteiger partial charge >= 0.3 is 5.69 Å². The largest absolute Gasteiger partial charge is 0.482 e. The van der Waals surface area contributed by atoms with E-state index in [0.717, 1.165) is 25.1 Å². The maximum absolute atomic E-state index is 10.9. The van der Waals surface area contributed by atoms with Crippen LogP contribution in [0.3, 0.4) is 0 Å². The molecular weight excluding hydrogens is 208 g/mol. The van der Waals surface area contributed by atoms with Crippen molar-refractivity contribution in [3.8, 4) is 5.75 Å². The number of nitrogens with zero attached hydrogens (tertiary/aromatic N) is 1. The highest BCUT2D eigenvalue weighted by atomic mass is 16.6. The Labute approximate surface area is 93.6 Å². The van der Waals surface area contributed by atoms with Gasteiger partial charge < -0.3 is 10.1 Å². The number of rotatable bonds is 3. The van der Waals surface area contributed by atoms with Crippen LogP contribution in [0.2, 0.25) is 0 Å². The number of nitro groups is 1. The Morgan fingerprint density at radius 3 is 3.00 bits per heavy atom. The molecule has 1 aromatic carbocycles. The molecule has 86 valence electrons. The molecule has 0 saturated carbocycles. The van der Waals surface area contributed by atoms with Crippen molar-refractivity contribution in [2.24, 2.45) is 0 Å². The highest BCUT2D eigenvalue weighted by Gasteiger charge is 2.21. The van der Waals surface area contributed by atoms with Crippen LogP contribution in [0.4, 0.5) is 5.69 Å². The first-order valence-corrected chi connectivity index (χ1v) is 5.29. The van der Waals surface area contributed by atoms with E-state index in [4.69, 9.17) is 4.74 Å². The molecular formula is C11H14N2O3. The summed E-state index contributed by atoms with van der Waals surface area (Å²) in [5, 5.41) is 14.0. The van der Waals surface area contributed by atoms with Gasteiger partial charge in [0.05, 0.1) is 4.92 Å². The van der Waals surface area contributed by atoms with Gasteiger partial charge in [-0.25, -0.2) is 0 Å². The summed E-state index contributed by atoms with van der Waals surface area (Å²) in [6.07, 6.45) is 0.937. The van der Waals surface area contributed by atoms with E-state index in [2.05, 4.69) is 5.32 Å². The van der Waals surface area contributed by atoms with Crippen molar-refractivity contribution >= 4 is 5.69 Å². The van der Waals surface area contributed by atoms with Crippen molar-refractivity contribution < 1.29 is 9.66 Å². The van der Waals surface area contributed by atoms with Crippen molar-refractivity contribution in [1.82, 2.24) is 5.32 Å². The van der Waals surface area contributed by atoms with E-state index in [1.54, 1.807) is 6.07 Å². The van der Waals surface area contributed by atoms with Gasteiger partial charge in [-0.05, 0) is 31.5 Å². The molecule has 0 bridgehead atoms. The lowest BCUT2D eigenvalue weighted by Gasteiger charge is -2.12. The summed E-state index contributed by atoms with van der Waals surface area (Å²) in [4.78, 5) is 10.5. The van der Waals surface area contributed by atoms with Crippen LogP contribution in [-0.4, -0.2) is 24.1 Å². The predicted molar refractivity (Wildman–Crippen MR) is 59.7 cm³/mol. The molecule has 1 aromatic rings. The minimum atomic E-state index is -0.398. The zero-order valence-electron chi connectivity index (χ0n) is 9.10. The molecule has 0 spiro atoms. The van der Waals surface area contributed by atoms with E-state index >= 15 is 0 Å². The molecule has 1 unspecified atom stereocenters. The molecule has 16 heavy (non-hydrogen) atoms. The third-order valence-electron chi connectivity index (χ3n) is 2.62. The first-order valence-electron chi connectivity index (χ1n) is 5.29. The second kappa shape index (κ2) is 4.49. The van der Waals surface area contributed by atoms with Crippen LogP contribution in [0.15, 0.2) is 18.2 Å². The van der Waals surface area contributed by atoms with E-state index in [-0.39, 0.29) is 11.8 Å². The quantitative estimate of drug-likeness (QED) is 0.623. The Hall–Kier alpha value is -1.62. The molecule has 1 saturated heterocycles. The van der Waals surface area contributed by atoms with Crippen molar-refractivity contribution in [2.75, 3.05) is 13.1 Å². The fourth-order valence-electron chi connectivity index (χ4n) is 1.78. The highest BCUT2D eigenvalue weighted by molar-refractivity contribution is 5.48. The molecule has 1 heterocycles. The monoisotopic (exact) mass is 222 g/mol. The molecule has 0 amide bonds. The van der Waals surface area contributed by atoms with Crippen LogP contribution >= 0.6 is 0 Å². The maximum atomic E-state index is 10.9. The second-order valence-corrected chi connectivity index (χ2v) is 3.96. The second-order valence-electron chi connectivity index (χ2n) is 3.96. The van der Waals surface area contributed by atoms with Gasteiger partial charge in [-0.15, -0.1) is 0 Å². The summed E-state index contributed by atoms with van der Waals surface area (Å²) in [6.45, 7) is 3.49. The van der Waals surface area contributed by atoms with E-state index in [9.17, 15) is 10.1 Å². The molecule has 0 aliphatic carbocycles. The summed E-state index contributed by atoms with van der Waals surface area (Å²) < 4.78 is 5.62. The highest BCUT2D eigenvalue weighted by Crippen LogP contribution is 2.29. The zero-order valence-corrected chi connectivity index (χ0v) is 9.10. The summed E-state index contributed by atoms with van der Waals surface area (Å²) >= 11 is 0. The number of nitro benzene ring substituents is 1. The van der Waals surface area contributed by atoms with Crippen LogP contribution in [0.25, 0.3) is 0 Å². The average molecular weight is 222 g/mol. The van der Waals surface area contributed by atoms with E-state index in [1.807, 2.05) is 13.0 Å². The smallest absolute Gasteiger partial charge is 0.311 e. The standard InChI is InChI=1S/C11H14N2O3/c1-8-2-3-11(10(6-8)13(14)15)16-9-4-5-12-7-9/h2-3,6,9,12H,4-5,7H2,1H3. The minimum Gasteiger partial charge on any atom is -0.482 e. The lowest BCUT2D eigenvalue weighted by molar-refractivity contribution is -0.386. The lowest BCUT2D eigenvalue weighted by Crippen LogP contribution is -2.20. The Morgan fingerprint density at radius 2 is 2.38 bits per heavy atom. The predicted octanol–water partition coefficient (Wildman–Crippen LogP) is 1.64. The number of hydrogen-bond acceptors (Lipinski definition) is 4. The number of hydrogen-bond donors (Lipinski definition) is 1. The lowest BCUT2D eigenvalue weighted by atomic mass is 10.2. The third kappa shape index (κ3) is 2.30. The number of nitrogens with one attached hydrogen (secondary N) is 1. The first-order chi connectivity index (χ1) is 7.66. The molecule has 1 aliphatic heterocycles. The Morgan fingerprint density at radius 1 is 1.56 bits per heavy atom. The van der Waals surface area contributed by atoms with Crippen LogP contribution in [0, 0.1) is 17.0 Å². The molecule has 0 radical (unpaired) electrons. The Balaban J connectivity index is 2.21. The Kier molecular flexibility index (Phi) is 3.05. The Bertz CT molecular complexity index is 400. The van der Waals surface area contributed by atoms with Crippen LogP contribution in [0.1, 0.15) is 12.0 Å². The summed E-state index contributed by atoms with van der Waals surface area (Å²) in [5.41, 5.74) is 0.912. The number of benzene rings is 1. The normalized spacial score (nSPS) is 19.7. The molecule has 2 rings (SSSR count). The zero-order chi connectivity index (χ0) is 11.5. The average Bonchev–Trinajstić information content (AvgIpc) is 2.73. The van der Waals surface area contributed by atoms with Gasteiger partial charge in [0.25, 0.3) is 0 Å². The van der Waals surface area contributed by atoms with Crippen LogP contribution in [0.5, 0.6) is 5.75 Å². The summed E-state index contributed by atoms with van der Waals surface area (Å²) in [7, 11) is 0. The van der Waals surface area contributed by atoms with Crippen LogP contribution in [-0.2, 0) is 0 Å². The molecule has 1 atom stereocenters. The van der Waals surface area contributed by atoms with Gasteiger partial charge in [-0.1, -0.05) is 6.07 Å². The fraction of sp³-hybridized carbons (Fsp3) is 0.455. The fourth-order valence-corrected chi connectivity index (χ4v) is 1.78. The van der Waals surface area contributed by atoms with Crippen molar-refractivity contribution in [3.05, 3.63) is 33.9 Å². The van der Waals surface area contributed by atoms with Gasteiger partial charge in [0.2, 0.25) is 0 Å².